The summed E-state index contributed by atoms with van der Waals surface area (Å²) in [6.45, 7) is 2.05. The molecule has 2 saturated heterocycles. The number of furan rings is 1. The second-order valence-electron chi connectivity index (χ2n) is 6.80. The highest BCUT2D eigenvalue weighted by Crippen LogP contribution is 2.44. The Labute approximate surface area is 163 Å². The first-order valence-electron chi connectivity index (χ1n) is 9.19. The Hall–Kier alpha value is -2.47. The molecular weight excluding hydrogens is 360 g/mol. The highest BCUT2D eigenvalue weighted by molar-refractivity contribution is 8.00. The van der Waals surface area contributed by atoms with Crippen LogP contribution in [0.4, 0.5) is 0 Å². The van der Waals surface area contributed by atoms with Gasteiger partial charge in [-0.2, -0.15) is 0 Å². The van der Waals surface area contributed by atoms with Crippen molar-refractivity contribution in [1.82, 2.24) is 9.80 Å². The predicted octanol–water partition coefficient (Wildman–Crippen LogP) is 3.50. The zero-order valence-electron chi connectivity index (χ0n) is 15.0. The number of hydrogen-bond donors (Lipinski definition) is 0. The van der Waals surface area contributed by atoms with Gasteiger partial charge in [-0.3, -0.25) is 9.59 Å². The molecule has 1 spiro atoms. The van der Waals surface area contributed by atoms with Gasteiger partial charge in [-0.05, 0) is 36.6 Å². The molecule has 2 aliphatic heterocycles. The smallest absolute Gasteiger partial charge is 0.290 e. The van der Waals surface area contributed by atoms with Crippen molar-refractivity contribution in [2.45, 2.75) is 17.7 Å². The summed E-state index contributed by atoms with van der Waals surface area (Å²) >= 11 is 1.83. The van der Waals surface area contributed by atoms with Gasteiger partial charge in [0.2, 0.25) is 5.91 Å². The Morgan fingerprint density at radius 1 is 1.04 bits per heavy atom. The van der Waals surface area contributed by atoms with Crippen LogP contribution in [0.3, 0.4) is 0 Å². The van der Waals surface area contributed by atoms with E-state index in [1.807, 2.05) is 58.0 Å². The van der Waals surface area contributed by atoms with Gasteiger partial charge < -0.3 is 14.2 Å². The van der Waals surface area contributed by atoms with E-state index in [-0.39, 0.29) is 16.7 Å². The van der Waals surface area contributed by atoms with E-state index in [2.05, 4.69) is 0 Å². The normalized spacial score (nSPS) is 19.1. The second-order valence-corrected chi connectivity index (χ2v) is 8.25. The van der Waals surface area contributed by atoms with E-state index in [4.69, 9.17) is 4.42 Å². The van der Waals surface area contributed by atoms with Gasteiger partial charge in [0.15, 0.2) is 5.76 Å². The summed E-state index contributed by atoms with van der Waals surface area (Å²) in [5, 5.41) is 0. The predicted molar refractivity (Wildman–Crippen MR) is 106 cm³/mol. The van der Waals surface area contributed by atoms with Gasteiger partial charge in [0, 0.05) is 31.5 Å². The lowest BCUT2D eigenvalue weighted by Crippen LogP contribution is -2.53. The molecule has 140 valence electrons. The maximum atomic E-state index is 12.8. The topological polar surface area (TPSA) is 53.8 Å². The van der Waals surface area contributed by atoms with Gasteiger partial charge in [-0.15, -0.1) is 11.8 Å². The van der Waals surface area contributed by atoms with Crippen molar-refractivity contribution in [3.8, 4) is 0 Å². The number of carbonyl (C=O) groups excluding carboxylic acids is 2. The van der Waals surface area contributed by atoms with E-state index < -0.39 is 0 Å². The number of benzene rings is 1. The highest BCUT2D eigenvalue weighted by atomic mass is 32.2. The summed E-state index contributed by atoms with van der Waals surface area (Å²) < 4.78 is 5.30. The van der Waals surface area contributed by atoms with E-state index in [0.29, 0.717) is 18.8 Å². The maximum Gasteiger partial charge on any atom is 0.290 e. The van der Waals surface area contributed by atoms with Crippen LogP contribution in [0.25, 0.3) is 6.08 Å². The lowest BCUT2D eigenvalue weighted by molar-refractivity contribution is -0.127. The summed E-state index contributed by atoms with van der Waals surface area (Å²) in [5.41, 5.74) is 1.01. The Morgan fingerprint density at radius 2 is 1.81 bits per heavy atom. The third-order valence-corrected chi connectivity index (χ3v) is 6.78. The zero-order valence-corrected chi connectivity index (χ0v) is 15.9. The monoisotopic (exact) mass is 382 g/mol. The molecule has 0 aliphatic carbocycles. The van der Waals surface area contributed by atoms with Crippen LogP contribution in [0.15, 0.2) is 59.2 Å². The molecule has 2 aromatic rings. The van der Waals surface area contributed by atoms with Crippen LogP contribution in [0.1, 0.15) is 29.0 Å². The van der Waals surface area contributed by atoms with Crippen molar-refractivity contribution >= 4 is 29.7 Å². The molecule has 3 heterocycles. The molecule has 1 aromatic heterocycles. The largest absolute Gasteiger partial charge is 0.459 e. The fraction of sp³-hybridized carbons (Fsp3) is 0.333. The van der Waals surface area contributed by atoms with Gasteiger partial charge in [-0.25, -0.2) is 0 Å². The van der Waals surface area contributed by atoms with Crippen molar-refractivity contribution in [2.75, 3.05) is 25.4 Å². The molecule has 0 radical (unpaired) electrons. The molecule has 6 heteroatoms. The molecule has 27 heavy (non-hydrogen) atoms. The number of rotatable bonds is 3. The van der Waals surface area contributed by atoms with Crippen LogP contribution in [0, 0.1) is 0 Å². The average molecular weight is 382 g/mol. The standard InChI is InChI=1S/C21H22N2O3S/c24-19(9-8-17-5-2-1-3-6-17)22-12-10-21(11-13-22)23(14-16-27-21)20(25)18-7-4-15-26-18/h1-9,15H,10-14,16H2/b9-8+. The lowest BCUT2D eigenvalue weighted by Gasteiger charge is -2.43. The van der Waals surface area contributed by atoms with Gasteiger partial charge >= 0.3 is 0 Å². The molecule has 2 amide bonds. The van der Waals surface area contributed by atoms with E-state index in [1.54, 1.807) is 18.2 Å². The average Bonchev–Trinajstić information content (AvgIpc) is 3.38. The van der Waals surface area contributed by atoms with Crippen molar-refractivity contribution in [1.29, 1.82) is 0 Å². The first-order valence-corrected chi connectivity index (χ1v) is 10.2. The van der Waals surface area contributed by atoms with Crippen molar-refractivity contribution in [3.05, 3.63) is 66.1 Å². The molecule has 4 rings (SSSR count). The number of piperidine rings is 1. The number of thioether (sulfide) groups is 1. The molecule has 1 aromatic carbocycles. The summed E-state index contributed by atoms with van der Waals surface area (Å²) in [7, 11) is 0. The fourth-order valence-corrected chi connectivity index (χ4v) is 5.21. The molecule has 2 fully saturated rings. The summed E-state index contributed by atoms with van der Waals surface area (Å²) in [5.74, 6) is 1.30. The second kappa shape index (κ2) is 7.64. The van der Waals surface area contributed by atoms with Crippen LogP contribution in [0.5, 0.6) is 0 Å². The quantitative estimate of drug-likeness (QED) is 0.763. The lowest BCUT2D eigenvalue weighted by atomic mass is 10.0. The molecule has 5 nitrogen and oxygen atoms in total. The van der Waals surface area contributed by atoms with Crippen LogP contribution >= 0.6 is 11.8 Å². The first kappa shape index (κ1) is 17.9. The minimum Gasteiger partial charge on any atom is -0.459 e. The SMILES string of the molecule is O=C(/C=C/c1ccccc1)N1CCC2(CC1)SCCN2C(=O)c1ccco1. The highest BCUT2D eigenvalue weighted by Gasteiger charge is 2.47. The Morgan fingerprint density at radius 3 is 2.52 bits per heavy atom. The zero-order chi connectivity index (χ0) is 18.7. The molecule has 0 saturated carbocycles. The molecule has 0 N–H and O–H groups in total. The van der Waals surface area contributed by atoms with Crippen LogP contribution in [0.2, 0.25) is 0 Å². The fourth-order valence-electron chi connectivity index (χ4n) is 3.76. The Bertz CT molecular complexity index is 824. The molecular formula is C21H22N2O3S. The minimum absolute atomic E-state index is 0.0283. The number of likely N-dealkylation sites (tertiary alicyclic amines) is 1. The molecule has 0 atom stereocenters. The first-order chi connectivity index (χ1) is 13.2. The van der Waals surface area contributed by atoms with E-state index in [1.165, 1.54) is 6.26 Å². The Balaban J connectivity index is 1.39. The van der Waals surface area contributed by atoms with Crippen LogP contribution in [-0.2, 0) is 4.79 Å². The van der Waals surface area contributed by atoms with E-state index in [9.17, 15) is 9.59 Å². The van der Waals surface area contributed by atoms with Gasteiger partial charge in [0.05, 0.1) is 11.1 Å². The number of hydrogen-bond acceptors (Lipinski definition) is 4. The van der Waals surface area contributed by atoms with Crippen molar-refractivity contribution in [3.63, 3.8) is 0 Å². The third-order valence-electron chi connectivity index (χ3n) is 5.23. The van der Waals surface area contributed by atoms with Gasteiger partial charge in [0.1, 0.15) is 0 Å². The van der Waals surface area contributed by atoms with E-state index in [0.717, 1.165) is 30.7 Å². The van der Waals surface area contributed by atoms with E-state index >= 15 is 0 Å². The van der Waals surface area contributed by atoms with Gasteiger partial charge in [-0.1, -0.05) is 30.3 Å². The summed E-state index contributed by atoms with van der Waals surface area (Å²) in [6, 6.07) is 13.3. The number of carbonyl (C=O) groups is 2. The third kappa shape index (κ3) is 3.67. The summed E-state index contributed by atoms with van der Waals surface area (Å²) in [6.07, 6.45) is 6.60. The minimum atomic E-state index is -0.218. The Kier molecular flexibility index (Phi) is 5.07. The van der Waals surface area contributed by atoms with Crippen LogP contribution < -0.4 is 0 Å². The maximum absolute atomic E-state index is 12.8. The van der Waals surface area contributed by atoms with Crippen LogP contribution in [-0.4, -0.2) is 51.9 Å². The molecule has 0 unspecified atom stereocenters. The van der Waals surface area contributed by atoms with Crippen molar-refractivity contribution in [2.24, 2.45) is 0 Å². The van der Waals surface area contributed by atoms with Crippen molar-refractivity contribution < 1.29 is 14.0 Å². The number of amides is 2. The van der Waals surface area contributed by atoms with Gasteiger partial charge in [0.25, 0.3) is 5.91 Å². The molecule has 0 bridgehead atoms. The number of nitrogens with zero attached hydrogens (tertiary/aromatic N) is 2. The summed E-state index contributed by atoms with van der Waals surface area (Å²) in [4.78, 5) is 28.9. The molecule has 2 aliphatic rings.